The predicted octanol–water partition coefficient (Wildman–Crippen LogP) is 2.07. The van der Waals surface area contributed by atoms with E-state index in [1.165, 1.54) is 11.3 Å². The van der Waals surface area contributed by atoms with Crippen molar-refractivity contribution in [1.29, 1.82) is 0 Å². The zero-order valence-electron chi connectivity index (χ0n) is 12.6. The summed E-state index contributed by atoms with van der Waals surface area (Å²) in [4.78, 5) is 3.53. The van der Waals surface area contributed by atoms with Gasteiger partial charge in [0, 0.05) is 43.1 Å². The van der Waals surface area contributed by atoms with E-state index in [0.29, 0.717) is 28.3 Å². The Labute approximate surface area is 139 Å². The van der Waals surface area contributed by atoms with Crippen LogP contribution in [-0.4, -0.2) is 49.3 Å². The number of hydrogen-bond acceptors (Lipinski definition) is 5. The molecule has 1 aliphatic rings. The van der Waals surface area contributed by atoms with Gasteiger partial charge in [0.1, 0.15) is 4.90 Å². The number of piperazine rings is 1. The molecule has 0 saturated carbocycles. The van der Waals surface area contributed by atoms with Crippen LogP contribution in [-0.2, 0) is 16.6 Å². The number of nitrogens with zero attached hydrogens (tertiary/aromatic N) is 2. The number of hydrogen-bond donors (Lipinski definition) is 1. The summed E-state index contributed by atoms with van der Waals surface area (Å²) >= 11 is 4.74. The molecule has 0 radical (unpaired) electrons. The average Bonchev–Trinajstić information content (AvgIpc) is 2.80. The highest BCUT2D eigenvalue weighted by Crippen LogP contribution is 2.34. The molecule has 0 amide bonds. The summed E-state index contributed by atoms with van der Waals surface area (Å²) < 4.78 is 27.7. The second-order valence-electron chi connectivity index (χ2n) is 6.12. The van der Waals surface area contributed by atoms with E-state index >= 15 is 0 Å². The van der Waals surface area contributed by atoms with Crippen molar-refractivity contribution in [2.45, 2.75) is 37.8 Å². The first kappa shape index (κ1) is 17.4. The van der Waals surface area contributed by atoms with Gasteiger partial charge in [0.05, 0.1) is 3.79 Å². The lowest BCUT2D eigenvalue weighted by Gasteiger charge is -2.41. The van der Waals surface area contributed by atoms with Crippen LogP contribution in [0, 0.1) is 0 Å². The molecule has 1 aliphatic heterocycles. The molecule has 21 heavy (non-hydrogen) atoms. The molecule has 0 atom stereocenters. The van der Waals surface area contributed by atoms with Crippen molar-refractivity contribution in [3.05, 3.63) is 14.7 Å². The van der Waals surface area contributed by atoms with Gasteiger partial charge in [0.15, 0.2) is 0 Å². The van der Waals surface area contributed by atoms with E-state index in [-0.39, 0.29) is 5.54 Å². The molecule has 1 aromatic heterocycles. The van der Waals surface area contributed by atoms with Crippen LogP contribution in [0.15, 0.2) is 14.7 Å². The van der Waals surface area contributed by atoms with E-state index in [1.54, 1.807) is 10.4 Å². The fraction of sp³-hybridized carbons (Fsp3) is 0.692. The van der Waals surface area contributed by atoms with Crippen molar-refractivity contribution in [2.75, 3.05) is 26.2 Å². The third-order valence-electron chi connectivity index (χ3n) is 3.71. The van der Waals surface area contributed by atoms with E-state index in [9.17, 15) is 8.42 Å². The summed E-state index contributed by atoms with van der Waals surface area (Å²) in [5, 5.41) is 0. The number of nitrogens with two attached hydrogens (primary N) is 1. The first-order chi connectivity index (χ1) is 9.66. The standard InChI is InChI=1S/C13H22BrN3O2S2/c1-13(2,3)16-4-6-17(7-5-16)21(18,19)11-8-10(9-15)20-12(11)14/h8H,4-7,9,15H2,1-3H3. The number of sulfonamides is 1. The Bertz CT molecular complexity index is 599. The molecule has 0 aromatic carbocycles. The Morgan fingerprint density at radius 3 is 2.29 bits per heavy atom. The monoisotopic (exact) mass is 395 g/mol. The van der Waals surface area contributed by atoms with Gasteiger partial charge in [-0.25, -0.2) is 8.42 Å². The van der Waals surface area contributed by atoms with Crippen molar-refractivity contribution >= 4 is 37.3 Å². The Hall–Kier alpha value is 0.01000. The molecule has 120 valence electrons. The first-order valence-electron chi connectivity index (χ1n) is 6.89. The van der Waals surface area contributed by atoms with Gasteiger partial charge < -0.3 is 5.73 Å². The third kappa shape index (κ3) is 3.68. The maximum atomic E-state index is 12.7. The molecular weight excluding hydrogens is 374 g/mol. The molecule has 1 aromatic rings. The van der Waals surface area contributed by atoms with Gasteiger partial charge in [-0.3, -0.25) is 4.90 Å². The summed E-state index contributed by atoms with van der Waals surface area (Å²) in [6.07, 6.45) is 0. The van der Waals surface area contributed by atoms with E-state index < -0.39 is 10.0 Å². The Balaban J connectivity index is 2.17. The topological polar surface area (TPSA) is 66.6 Å². The summed E-state index contributed by atoms with van der Waals surface area (Å²) in [7, 11) is -3.44. The van der Waals surface area contributed by atoms with Crippen molar-refractivity contribution in [2.24, 2.45) is 5.73 Å². The minimum Gasteiger partial charge on any atom is -0.326 e. The van der Waals surface area contributed by atoms with Crippen LogP contribution in [0.3, 0.4) is 0 Å². The van der Waals surface area contributed by atoms with Gasteiger partial charge in [-0.05, 0) is 42.8 Å². The molecule has 8 heteroatoms. The lowest BCUT2D eigenvalue weighted by Crippen LogP contribution is -2.54. The second kappa shape index (κ2) is 6.25. The minimum atomic E-state index is -3.44. The molecular formula is C13H22BrN3O2S2. The summed E-state index contributed by atoms with van der Waals surface area (Å²) in [6, 6.07) is 1.68. The van der Waals surface area contributed by atoms with Crippen LogP contribution in [0.4, 0.5) is 0 Å². The smallest absolute Gasteiger partial charge is 0.245 e. The maximum Gasteiger partial charge on any atom is 0.245 e. The molecule has 0 spiro atoms. The Kier molecular flexibility index (Phi) is 5.17. The molecule has 5 nitrogen and oxygen atoms in total. The molecule has 0 unspecified atom stereocenters. The van der Waals surface area contributed by atoms with E-state index in [0.717, 1.165) is 18.0 Å². The molecule has 1 fully saturated rings. The first-order valence-corrected chi connectivity index (χ1v) is 9.94. The van der Waals surface area contributed by atoms with Crippen molar-refractivity contribution in [3.63, 3.8) is 0 Å². The lowest BCUT2D eigenvalue weighted by molar-refractivity contribution is 0.0922. The van der Waals surface area contributed by atoms with Gasteiger partial charge >= 0.3 is 0 Å². The number of thiophene rings is 1. The Morgan fingerprint density at radius 1 is 1.29 bits per heavy atom. The normalized spacial score (nSPS) is 19.1. The molecule has 1 saturated heterocycles. The maximum absolute atomic E-state index is 12.7. The largest absolute Gasteiger partial charge is 0.326 e. The van der Waals surface area contributed by atoms with Crippen molar-refractivity contribution in [1.82, 2.24) is 9.21 Å². The van der Waals surface area contributed by atoms with Crippen LogP contribution >= 0.6 is 27.3 Å². The SMILES string of the molecule is CC(C)(C)N1CCN(S(=O)(=O)c2cc(CN)sc2Br)CC1. The molecule has 2 rings (SSSR count). The average molecular weight is 396 g/mol. The quantitative estimate of drug-likeness (QED) is 0.850. The molecule has 2 heterocycles. The van der Waals surface area contributed by atoms with E-state index in [1.807, 2.05) is 0 Å². The van der Waals surface area contributed by atoms with Gasteiger partial charge in [-0.2, -0.15) is 4.31 Å². The number of halogens is 1. The van der Waals surface area contributed by atoms with E-state index in [2.05, 4.69) is 41.6 Å². The molecule has 2 N–H and O–H groups in total. The van der Waals surface area contributed by atoms with Crippen LogP contribution in [0.1, 0.15) is 25.6 Å². The summed E-state index contributed by atoms with van der Waals surface area (Å²) in [5.41, 5.74) is 5.67. The summed E-state index contributed by atoms with van der Waals surface area (Å²) in [6.45, 7) is 9.39. The van der Waals surface area contributed by atoms with E-state index in [4.69, 9.17) is 5.73 Å². The third-order valence-corrected chi connectivity index (χ3v) is 7.89. The molecule has 0 bridgehead atoms. The van der Waals surface area contributed by atoms with Crippen LogP contribution in [0.5, 0.6) is 0 Å². The highest BCUT2D eigenvalue weighted by atomic mass is 79.9. The zero-order chi connectivity index (χ0) is 15.8. The zero-order valence-corrected chi connectivity index (χ0v) is 15.8. The van der Waals surface area contributed by atoms with Gasteiger partial charge in [-0.15, -0.1) is 11.3 Å². The van der Waals surface area contributed by atoms with Crippen LogP contribution in [0.2, 0.25) is 0 Å². The highest BCUT2D eigenvalue weighted by Gasteiger charge is 2.33. The number of rotatable bonds is 3. The van der Waals surface area contributed by atoms with Crippen molar-refractivity contribution in [3.8, 4) is 0 Å². The second-order valence-corrected chi connectivity index (χ2v) is 10.5. The molecule has 0 aliphatic carbocycles. The fourth-order valence-corrected chi connectivity index (χ4v) is 6.35. The fourth-order valence-electron chi connectivity index (χ4n) is 2.41. The van der Waals surface area contributed by atoms with Gasteiger partial charge in [0.2, 0.25) is 10.0 Å². The van der Waals surface area contributed by atoms with Crippen molar-refractivity contribution < 1.29 is 8.42 Å². The lowest BCUT2D eigenvalue weighted by atomic mass is 10.1. The summed E-state index contributed by atoms with van der Waals surface area (Å²) in [5.74, 6) is 0. The van der Waals surface area contributed by atoms with Gasteiger partial charge in [-0.1, -0.05) is 0 Å². The minimum absolute atomic E-state index is 0.0749. The van der Waals surface area contributed by atoms with Gasteiger partial charge in [0.25, 0.3) is 0 Å². The predicted molar refractivity (Wildman–Crippen MR) is 90.0 cm³/mol. The highest BCUT2D eigenvalue weighted by molar-refractivity contribution is 9.11. The Morgan fingerprint density at radius 2 is 1.86 bits per heavy atom. The van der Waals surface area contributed by atoms with Crippen LogP contribution in [0.25, 0.3) is 0 Å². The van der Waals surface area contributed by atoms with Crippen LogP contribution < -0.4 is 5.73 Å².